The van der Waals surface area contributed by atoms with Gasteiger partial charge in [-0.15, -0.1) is 0 Å². The van der Waals surface area contributed by atoms with Crippen molar-refractivity contribution in [2.75, 3.05) is 65.7 Å². The Morgan fingerprint density at radius 3 is 2.50 bits per heavy atom. The fraction of sp³-hybridized carbons (Fsp3) is 0.947. The van der Waals surface area contributed by atoms with Crippen LogP contribution in [0.2, 0.25) is 0 Å². The molecule has 2 aliphatic heterocycles. The van der Waals surface area contributed by atoms with Gasteiger partial charge in [-0.3, -0.25) is 14.8 Å². The van der Waals surface area contributed by atoms with Crippen LogP contribution in [0.5, 0.6) is 0 Å². The zero-order chi connectivity index (χ0) is 19.0. The summed E-state index contributed by atoms with van der Waals surface area (Å²) in [5.74, 6) is 0.904. The van der Waals surface area contributed by atoms with E-state index in [-0.39, 0.29) is 5.54 Å². The highest BCUT2D eigenvalue weighted by atomic mass is 16.5. The molecule has 2 saturated heterocycles. The number of ether oxygens (including phenoxy) is 2. The van der Waals surface area contributed by atoms with Crippen molar-refractivity contribution in [2.45, 2.75) is 52.2 Å². The van der Waals surface area contributed by atoms with Gasteiger partial charge in [-0.05, 0) is 34.6 Å². The number of nitrogens with zero attached hydrogens (tertiary/aromatic N) is 3. The van der Waals surface area contributed by atoms with Crippen molar-refractivity contribution in [3.8, 4) is 0 Å². The molecule has 2 fully saturated rings. The second kappa shape index (κ2) is 10.4. The van der Waals surface area contributed by atoms with E-state index in [1.807, 2.05) is 0 Å². The van der Waals surface area contributed by atoms with E-state index >= 15 is 0 Å². The smallest absolute Gasteiger partial charge is 0.191 e. The van der Waals surface area contributed by atoms with E-state index in [1.165, 1.54) is 0 Å². The number of morpholine rings is 2. The van der Waals surface area contributed by atoms with Gasteiger partial charge >= 0.3 is 0 Å². The van der Waals surface area contributed by atoms with Crippen molar-refractivity contribution in [1.82, 2.24) is 20.4 Å². The summed E-state index contributed by atoms with van der Waals surface area (Å²) in [6.07, 6.45) is 0. The third-order valence-electron chi connectivity index (χ3n) is 5.39. The lowest BCUT2D eigenvalue weighted by Gasteiger charge is -2.40. The molecule has 0 aromatic heterocycles. The van der Waals surface area contributed by atoms with Crippen LogP contribution >= 0.6 is 0 Å². The van der Waals surface area contributed by atoms with Gasteiger partial charge in [0.2, 0.25) is 0 Å². The summed E-state index contributed by atoms with van der Waals surface area (Å²) in [5, 5.41) is 6.91. The van der Waals surface area contributed by atoms with Crippen molar-refractivity contribution in [1.29, 1.82) is 0 Å². The molecule has 2 heterocycles. The summed E-state index contributed by atoms with van der Waals surface area (Å²) in [6, 6.07) is 0.922. The van der Waals surface area contributed by atoms with E-state index in [0.717, 1.165) is 71.7 Å². The molecule has 0 radical (unpaired) electrons. The average molecular weight is 370 g/mol. The molecule has 0 amide bonds. The van der Waals surface area contributed by atoms with Crippen molar-refractivity contribution in [3.05, 3.63) is 0 Å². The highest BCUT2D eigenvalue weighted by Gasteiger charge is 2.28. The molecule has 0 aromatic carbocycles. The zero-order valence-corrected chi connectivity index (χ0v) is 17.4. The maximum absolute atomic E-state index is 5.55. The van der Waals surface area contributed by atoms with Crippen LogP contribution in [-0.4, -0.2) is 99.1 Å². The number of nitrogens with one attached hydrogen (secondary N) is 2. The fourth-order valence-electron chi connectivity index (χ4n) is 3.64. The lowest BCUT2D eigenvalue weighted by atomic mass is 10.0. The lowest BCUT2D eigenvalue weighted by molar-refractivity contribution is -0.0174. The van der Waals surface area contributed by atoms with Crippen molar-refractivity contribution >= 4 is 5.96 Å². The number of rotatable bonds is 7. The molecule has 2 aliphatic rings. The molecule has 152 valence electrons. The predicted molar refractivity (Wildman–Crippen MR) is 107 cm³/mol. The maximum Gasteiger partial charge on any atom is 0.191 e. The van der Waals surface area contributed by atoms with Crippen LogP contribution < -0.4 is 10.6 Å². The van der Waals surface area contributed by atoms with Crippen LogP contribution in [0.3, 0.4) is 0 Å². The summed E-state index contributed by atoms with van der Waals surface area (Å²) >= 11 is 0. The standard InChI is InChI=1S/C19H39N5O2/c1-6-20-18(21-13-16(2)24-9-12-26-14-17(24)3)22-15-19(4,5)23-7-10-25-11-8-23/h16-17H,6-15H2,1-5H3,(H2,20,21,22). The van der Waals surface area contributed by atoms with Crippen molar-refractivity contribution < 1.29 is 9.47 Å². The van der Waals surface area contributed by atoms with Gasteiger partial charge in [0.25, 0.3) is 0 Å². The van der Waals surface area contributed by atoms with Crippen molar-refractivity contribution in [2.24, 2.45) is 4.99 Å². The molecule has 26 heavy (non-hydrogen) atoms. The van der Waals surface area contributed by atoms with Gasteiger partial charge in [-0.1, -0.05) is 0 Å². The van der Waals surface area contributed by atoms with E-state index < -0.39 is 0 Å². The first-order chi connectivity index (χ1) is 12.4. The zero-order valence-electron chi connectivity index (χ0n) is 17.4. The van der Waals surface area contributed by atoms with E-state index in [0.29, 0.717) is 12.1 Å². The summed E-state index contributed by atoms with van der Waals surface area (Å²) in [4.78, 5) is 9.85. The summed E-state index contributed by atoms with van der Waals surface area (Å²) in [6.45, 7) is 19.9. The number of hydrogen-bond acceptors (Lipinski definition) is 5. The second-order valence-corrected chi connectivity index (χ2v) is 8.00. The molecule has 0 aliphatic carbocycles. The summed E-state index contributed by atoms with van der Waals surface area (Å²) in [7, 11) is 0. The molecule has 7 nitrogen and oxygen atoms in total. The lowest BCUT2D eigenvalue weighted by Crippen LogP contribution is -2.54. The Hall–Kier alpha value is -0.890. The van der Waals surface area contributed by atoms with E-state index in [2.05, 4.69) is 55.1 Å². The van der Waals surface area contributed by atoms with Crippen LogP contribution in [0.4, 0.5) is 0 Å². The van der Waals surface area contributed by atoms with Gasteiger partial charge in [0.15, 0.2) is 5.96 Å². The SMILES string of the molecule is CCNC(=NCC(C)(C)N1CCOCC1)NCC(C)N1CCOCC1C. The molecule has 2 rings (SSSR count). The largest absolute Gasteiger partial charge is 0.379 e. The topological polar surface area (TPSA) is 61.4 Å². The summed E-state index contributed by atoms with van der Waals surface area (Å²) < 4.78 is 11.0. The minimum atomic E-state index is 0.0382. The van der Waals surface area contributed by atoms with Crippen LogP contribution in [0.15, 0.2) is 4.99 Å². The molecule has 7 heteroatoms. The van der Waals surface area contributed by atoms with E-state index in [1.54, 1.807) is 0 Å². The number of hydrogen-bond donors (Lipinski definition) is 2. The quantitative estimate of drug-likeness (QED) is 0.510. The van der Waals surface area contributed by atoms with E-state index in [4.69, 9.17) is 14.5 Å². The predicted octanol–water partition coefficient (Wildman–Crippen LogP) is 0.762. The second-order valence-electron chi connectivity index (χ2n) is 8.00. The van der Waals surface area contributed by atoms with E-state index in [9.17, 15) is 0 Å². The minimum Gasteiger partial charge on any atom is -0.379 e. The summed E-state index contributed by atoms with van der Waals surface area (Å²) in [5.41, 5.74) is 0.0382. The molecule has 0 bridgehead atoms. The van der Waals surface area contributed by atoms with Gasteiger partial charge in [0, 0.05) is 50.3 Å². The molecular weight excluding hydrogens is 330 g/mol. The van der Waals surface area contributed by atoms with Gasteiger partial charge in [0.05, 0.1) is 33.0 Å². The highest BCUT2D eigenvalue weighted by molar-refractivity contribution is 5.79. The normalized spacial score (nSPS) is 25.1. The van der Waals surface area contributed by atoms with Gasteiger partial charge in [-0.25, -0.2) is 0 Å². The van der Waals surface area contributed by atoms with Crippen LogP contribution in [0.25, 0.3) is 0 Å². The monoisotopic (exact) mass is 369 g/mol. The fourth-order valence-corrected chi connectivity index (χ4v) is 3.64. The molecule has 0 saturated carbocycles. The Morgan fingerprint density at radius 2 is 1.85 bits per heavy atom. The Labute approximate surface area is 159 Å². The van der Waals surface area contributed by atoms with Crippen LogP contribution in [-0.2, 0) is 9.47 Å². The van der Waals surface area contributed by atoms with Gasteiger partial charge in [0.1, 0.15) is 0 Å². The first kappa shape index (κ1) is 21.4. The van der Waals surface area contributed by atoms with Gasteiger partial charge < -0.3 is 20.1 Å². The molecule has 0 spiro atoms. The molecular formula is C19H39N5O2. The molecule has 0 aromatic rings. The number of aliphatic imine (C=N–C) groups is 1. The van der Waals surface area contributed by atoms with Crippen molar-refractivity contribution in [3.63, 3.8) is 0 Å². The van der Waals surface area contributed by atoms with Crippen LogP contribution in [0, 0.1) is 0 Å². The maximum atomic E-state index is 5.55. The molecule has 2 N–H and O–H groups in total. The average Bonchev–Trinajstić information content (AvgIpc) is 2.65. The Kier molecular flexibility index (Phi) is 8.60. The first-order valence-electron chi connectivity index (χ1n) is 10.1. The Morgan fingerprint density at radius 1 is 1.15 bits per heavy atom. The third-order valence-corrected chi connectivity index (χ3v) is 5.39. The van der Waals surface area contributed by atoms with Gasteiger partial charge in [-0.2, -0.15) is 0 Å². The highest BCUT2D eigenvalue weighted by Crippen LogP contribution is 2.16. The molecule has 2 unspecified atom stereocenters. The number of guanidine groups is 1. The minimum absolute atomic E-state index is 0.0382. The Bertz CT molecular complexity index is 438. The first-order valence-corrected chi connectivity index (χ1v) is 10.1. The molecule has 2 atom stereocenters. The third kappa shape index (κ3) is 6.37. The van der Waals surface area contributed by atoms with Crippen LogP contribution in [0.1, 0.15) is 34.6 Å². The Balaban J connectivity index is 1.87.